The molecule has 2 aromatic rings. The van der Waals surface area contributed by atoms with Crippen molar-refractivity contribution >= 4 is 0 Å². The Bertz CT molecular complexity index is 600. The second kappa shape index (κ2) is 5.52. The van der Waals surface area contributed by atoms with Gasteiger partial charge in [-0.25, -0.2) is 18.2 Å². The van der Waals surface area contributed by atoms with Gasteiger partial charge in [-0.1, -0.05) is 0 Å². The molecule has 0 N–H and O–H groups in total. The van der Waals surface area contributed by atoms with Crippen molar-refractivity contribution in [2.24, 2.45) is 0 Å². The number of hydrogen-bond donors (Lipinski definition) is 0. The van der Waals surface area contributed by atoms with Gasteiger partial charge in [0.25, 0.3) is 5.92 Å². The Kier molecular flexibility index (Phi) is 3.71. The van der Waals surface area contributed by atoms with Crippen molar-refractivity contribution in [3.8, 4) is 11.5 Å². The maximum absolute atomic E-state index is 13.1. The van der Waals surface area contributed by atoms with Crippen molar-refractivity contribution in [3.63, 3.8) is 0 Å². The van der Waals surface area contributed by atoms with Crippen LogP contribution >= 0.6 is 0 Å². The van der Waals surface area contributed by atoms with E-state index < -0.39 is 5.92 Å². The highest BCUT2D eigenvalue weighted by Gasteiger charge is 2.34. The Labute approximate surface area is 120 Å². The van der Waals surface area contributed by atoms with Gasteiger partial charge in [0.2, 0.25) is 5.89 Å². The van der Waals surface area contributed by atoms with Crippen LogP contribution in [0.5, 0.6) is 0 Å². The number of hydrogen-bond acceptors (Lipinski definition) is 3. The predicted molar refractivity (Wildman–Crippen MR) is 71.4 cm³/mol. The summed E-state index contributed by atoms with van der Waals surface area (Å²) >= 11 is 0. The van der Waals surface area contributed by atoms with Crippen LogP contribution in [0.25, 0.3) is 11.5 Å². The zero-order chi connectivity index (χ0) is 14.9. The van der Waals surface area contributed by atoms with Crippen LogP contribution in [-0.2, 0) is 6.54 Å². The molecule has 0 spiro atoms. The lowest BCUT2D eigenvalue weighted by Crippen LogP contribution is -2.38. The molecule has 1 aliphatic rings. The van der Waals surface area contributed by atoms with Gasteiger partial charge in [0.1, 0.15) is 12.1 Å². The second-order valence-corrected chi connectivity index (χ2v) is 5.28. The summed E-state index contributed by atoms with van der Waals surface area (Å²) in [5.74, 6) is -2.45. The Morgan fingerprint density at radius 1 is 1.14 bits per heavy atom. The molecule has 0 unspecified atom stereocenters. The lowest BCUT2D eigenvalue weighted by Gasteiger charge is -2.30. The number of oxazole rings is 1. The number of rotatable bonds is 3. The number of likely N-dealkylation sites (tertiary alicyclic amines) is 1. The monoisotopic (exact) mass is 296 g/mol. The molecule has 0 saturated carbocycles. The molecule has 0 amide bonds. The van der Waals surface area contributed by atoms with E-state index in [9.17, 15) is 13.2 Å². The van der Waals surface area contributed by atoms with Crippen molar-refractivity contribution in [2.45, 2.75) is 25.3 Å². The fourth-order valence-electron chi connectivity index (χ4n) is 2.37. The van der Waals surface area contributed by atoms with Gasteiger partial charge >= 0.3 is 0 Å². The first kappa shape index (κ1) is 14.1. The molecule has 6 heteroatoms. The molecule has 1 aliphatic heterocycles. The Morgan fingerprint density at radius 3 is 2.48 bits per heavy atom. The molecule has 3 nitrogen and oxygen atoms in total. The average molecular weight is 296 g/mol. The molecule has 112 valence electrons. The average Bonchev–Trinajstić information content (AvgIpc) is 2.91. The van der Waals surface area contributed by atoms with E-state index in [-0.39, 0.29) is 18.7 Å². The first-order valence-electron chi connectivity index (χ1n) is 6.82. The third-order valence-electron chi connectivity index (χ3n) is 3.62. The number of aromatic nitrogens is 1. The third-order valence-corrected chi connectivity index (χ3v) is 3.62. The predicted octanol–water partition coefficient (Wildman–Crippen LogP) is 3.71. The van der Waals surface area contributed by atoms with Crippen LogP contribution < -0.4 is 0 Å². The van der Waals surface area contributed by atoms with Gasteiger partial charge < -0.3 is 4.42 Å². The lowest BCUT2D eigenvalue weighted by atomic mass is 10.1. The molecule has 1 aromatic heterocycles. The summed E-state index contributed by atoms with van der Waals surface area (Å²) in [6.07, 6.45) is 1.29. The molecule has 1 fully saturated rings. The van der Waals surface area contributed by atoms with E-state index in [2.05, 4.69) is 4.98 Å². The van der Waals surface area contributed by atoms with E-state index >= 15 is 0 Å². The fourth-order valence-corrected chi connectivity index (χ4v) is 2.37. The topological polar surface area (TPSA) is 29.3 Å². The van der Waals surface area contributed by atoms with E-state index in [1.807, 2.05) is 4.90 Å². The number of nitrogens with zero attached hydrogens (tertiary/aromatic N) is 2. The summed E-state index contributed by atoms with van der Waals surface area (Å²) < 4.78 is 44.4. The van der Waals surface area contributed by atoms with E-state index in [0.29, 0.717) is 36.8 Å². The minimum atomic E-state index is -2.54. The normalized spacial score (nSPS) is 18.8. The highest BCUT2D eigenvalue weighted by Crippen LogP contribution is 2.28. The molecular weight excluding hydrogens is 281 g/mol. The second-order valence-electron chi connectivity index (χ2n) is 5.28. The molecule has 1 aromatic carbocycles. The van der Waals surface area contributed by atoms with Crippen molar-refractivity contribution in [3.05, 3.63) is 42.0 Å². The summed E-state index contributed by atoms with van der Waals surface area (Å²) in [5, 5.41) is 0. The van der Waals surface area contributed by atoms with Crippen LogP contribution in [0.4, 0.5) is 13.2 Å². The summed E-state index contributed by atoms with van der Waals surface area (Å²) in [7, 11) is 0. The maximum Gasteiger partial charge on any atom is 0.250 e. The number of piperidine rings is 1. The Morgan fingerprint density at radius 2 is 1.81 bits per heavy atom. The van der Waals surface area contributed by atoms with Crippen LogP contribution in [0.3, 0.4) is 0 Å². The van der Waals surface area contributed by atoms with Gasteiger partial charge in [-0.05, 0) is 24.3 Å². The molecule has 0 atom stereocenters. The van der Waals surface area contributed by atoms with Crippen molar-refractivity contribution in [2.75, 3.05) is 13.1 Å². The highest BCUT2D eigenvalue weighted by atomic mass is 19.3. The largest absolute Gasteiger partial charge is 0.444 e. The van der Waals surface area contributed by atoms with Gasteiger partial charge in [-0.3, -0.25) is 4.90 Å². The van der Waals surface area contributed by atoms with Gasteiger partial charge in [0, 0.05) is 38.0 Å². The molecular formula is C15H15F3N2O. The molecule has 3 rings (SSSR count). The van der Waals surface area contributed by atoms with Gasteiger partial charge in [0.15, 0.2) is 0 Å². The SMILES string of the molecule is Fc1ccc(-c2nc(CN3CCC(F)(F)CC3)co2)cc1. The summed E-state index contributed by atoms with van der Waals surface area (Å²) in [4.78, 5) is 6.26. The van der Waals surface area contributed by atoms with Crippen molar-refractivity contribution in [1.29, 1.82) is 0 Å². The number of alkyl halides is 2. The molecule has 0 aliphatic carbocycles. The van der Waals surface area contributed by atoms with Gasteiger partial charge in [0.05, 0.1) is 5.69 Å². The van der Waals surface area contributed by atoms with Crippen molar-refractivity contribution < 1.29 is 17.6 Å². The summed E-state index contributed by atoms with van der Waals surface area (Å²) in [6, 6.07) is 5.86. The highest BCUT2D eigenvalue weighted by molar-refractivity contribution is 5.52. The number of benzene rings is 1. The van der Waals surface area contributed by atoms with E-state index in [1.165, 1.54) is 18.4 Å². The quantitative estimate of drug-likeness (QED) is 0.864. The van der Waals surface area contributed by atoms with Crippen molar-refractivity contribution in [1.82, 2.24) is 9.88 Å². The lowest BCUT2D eigenvalue weighted by molar-refractivity contribution is -0.0568. The first-order chi connectivity index (χ1) is 10.0. The first-order valence-corrected chi connectivity index (χ1v) is 6.82. The molecule has 0 bridgehead atoms. The van der Waals surface area contributed by atoms with E-state index in [0.717, 1.165) is 0 Å². The smallest absolute Gasteiger partial charge is 0.250 e. The zero-order valence-corrected chi connectivity index (χ0v) is 11.4. The standard InChI is InChI=1S/C15H15F3N2O/c16-12-3-1-11(2-4-12)14-19-13(10-21-14)9-20-7-5-15(17,18)6-8-20/h1-4,10H,5-9H2. The summed E-state index contributed by atoms with van der Waals surface area (Å²) in [6.45, 7) is 1.19. The van der Waals surface area contributed by atoms with E-state index in [1.54, 1.807) is 12.1 Å². The van der Waals surface area contributed by atoms with Crippen LogP contribution in [0, 0.1) is 5.82 Å². The zero-order valence-electron chi connectivity index (χ0n) is 11.4. The van der Waals surface area contributed by atoms with Crippen LogP contribution in [0.1, 0.15) is 18.5 Å². The minimum Gasteiger partial charge on any atom is -0.444 e. The minimum absolute atomic E-state index is 0.115. The fraction of sp³-hybridized carbons (Fsp3) is 0.400. The Hall–Kier alpha value is -1.82. The molecule has 21 heavy (non-hydrogen) atoms. The third kappa shape index (κ3) is 3.44. The molecule has 0 radical (unpaired) electrons. The van der Waals surface area contributed by atoms with Gasteiger partial charge in [-0.15, -0.1) is 0 Å². The van der Waals surface area contributed by atoms with Gasteiger partial charge in [-0.2, -0.15) is 0 Å². The van der Waals surface area contributed by atoms with E-state index in [4.69, 9.17) is 4.42 Å². The van der Waals surface area contributed by atoms with Crippen LogP contribution in [-0.4, -0.2) is 28.9 Å². The Balaban J connectivity index is 1.64. The number of halogens is 3. The summed E-state index contributed by atoms with van der Waals surface area (Å²) in [5.41, 5.74) is 1.38. The maximum atomic E-state index is 13.1. The molecule has 2 heterocycles. The van der Waals surface area contributed by atoms with Crippen LogP contribution in [0.2, 0.25) is 0 Å². The molecule has 1 saturated heterocycles. The van der Waals surface area contributed by atoms with Crippen LogP contribution in [0.15, 0.2) is 34.9 Å².